The maximum Gasteiger partial charge on any atom is 0.256 e. The molecule has 104 valence electrons. The van der Waals surface area contributed by atoms with Gasteiger partial charge in [0.15, 0.2) is 11.5 Å². The third-order valence-corrected chi connectivity index (χ3v) is 2.37. The summed E-state index contributed by atoms with van der Waals surface area (Å²) < 4.78 is 10.9. The fraction of sp³-hybridized carbons (Fsp3) is 0.385. The first-order valence-electron chi connectivity index (χ1n) is 6.15. The van der Waals surface area contributed by atoms with E-state index in [4.69, 9.17) is 20.9 Å². The fourth-order valence-corrected chi connectivity index (χ4v) is 1.40. The van der Waals surface area contributed by atoms with Crippen molar-refractivity contribution in [2.24, 2.45) is 16.6 Å². The highest BCUT2D eigenvalue weighted by atomic mass is 16.5. The highest BCUT2D eigenvalue weighted by molar-refractivity contribution is 5.78. The molecule has 0 heterocycles. The van der Waals surface area contributed by atoms with Gasteiger partial charge in [0.25, 0.3) is 5.96 Å². The maximum atomic E-state index is 5.64. The van der Waals surface area contributed by atoms with Crippen LogP contribution in [0.15, 0.2) is 23.3 Å². The van der Waals surface area contributed by atoms with Crippen LogP contribution in [0.2, 0.25) is 0 Å². The molecule has 0 radical (unpaired) electrons. The summed E-state index contributed by atoms with van der Waals surface area (Å²) in [6.07, 6.45) is 3.78. The summed E-state index contributed by atoms with van der Waals surface area (Å²) in [7, 11) is 1.61. The van der Waals surface area contributed by atoms with Crippen molar-refractivity contribution < 1.29 is 14.6 Å². The molecule has 0 amide bonds. The van der Waals surface area contributed by atoms with E-state index in [0.29, 0.717) is 12.4 Å². The van der Waals surface area contributed by atoms with Crippen LogP contribution in [-0.2, 0) is 0 Å². The van der Waals surface area contributed by atoms with Gasteiger partial charge < -0.3 is 20.9 Å². The normalized spacial score (nSPS) is 10.4. The molecule has 1 aromatic rings. The first-order valence-corrected chi connectivity index (χ1v) is 6.15. The average molecular weight is 265 g/mol. The van der Waals surface area contributed by atoms with Crippen LogP contribution in [0.5, 0.6) is 11.5 Å². The van der Waals surface area contributed by atoms with E-state index < -0.39 is 0 Å². The molecule has 0 spiro atoms. The molecule has 0 atom stereocenters. The number of benzene rings is 1. The van der Waals surface area contributed by atoms with E-state index >= 15 is 0 Å². The highest BCUT2D eigenvalue weighted by Crippen LogP contribution is 2.27. The predicted octanol–water partition coefficient (Wildman–Crippen LogP) is -0.438. The first kappa shape index (κ1) is 14.8. The van der Waals surface area contributed by atoms with Crippen molar-refractivity contribution in [3.8, 4) is 11.5 Å². The molecule has 0 unspecified atom stereocenters. The number of hydrogen-bond donors (Lipinski definition) is 3. The molecule has 6 heteroatoms. The number of hydrogen-bond acceptors (Lipinski definition) is 3. The van der Waals surface area contributed by atoms with Gasteiger partial charge in [-0.25, -0.2) is 0 Å². The van der Waals surface area contributed by atoms with Crippen molar-refractivity contribution in [3.05, 3.63) is 23.8 Å². The van der Waals surface area contributed by atoms with E-state index in [0.717, 1.165) is 24.2 Å². The zero-order valence-electron chi connectivity index (χ0n) is 11.3. The Labute approximate surface area is 113 Å². The zero-order chi connectivity index (χ0) is 14.1. The number of nitrogens with zero attached hydrogens (tertiary/aromatic N) is 1. The number of rotatable bonds is 7. The van der Waals surface area contributed by atoms with Gasteiger partial charge in [-0.15, -0.1) is 5.10 Å². The molecule has 19 heavy (non-hydrogen) atoms. The Morgan fingerprint density at radius 2 is 2.16 bits per heavy atom. The minimum Gasteiger partial charge on any atom is -0.493 e. The van der Waals surface area contributed by atoms with Crippen molar-refractivity contribution >= 4 is 12.2 Å². The van der Waals surface area contributed by atoms with Crippen molar-refractivity contribution in [3.63, 3.8) is 0 Å². The second kappa shape index (κ2) is 7.97. The number of nitrogens with one attached hydrogen (secondary N) is 1. The predicted molar refractivity (Wildman–Crippen MR) is 75.3 cm³/mol. The molecule has 0 saturated heterocycles. The van der Waals surface area contributed by atoms with E-state index in [-0.39, 0.29) is 5.96 Å². The highest BCUT2D eigenvalue weighted by Gasteiger charge is 2.05. The Balaban J connectivity index is 2.77. The van der Waals surface area contributed by atoms with Crippen molar-refractivity contribution in [1.82, 2.24) is 0 Å². The van der Waals surface area contributed by atoms with E-state index in [1.807, 2.05) is 18.2 Å². The summed E-state index contributed by atoms with van der Waals surface area (Å²) in [5, 5.41) is 6.29. The molecule has 0 aliphatic rings. The summed E-state index contributed by atoms with van der Waals surface area (Å²) in [4.78, 5) is 0. The molecule has 0 fully saturated rings. The van der Waals surface area contributed by atoms with Crippen molar-refractivity contribution in [2.75, 3.05) is 13.7 Å². The summed E-state index contributed by atoms with van der Waals surface area (Å²) in [5.41, 5.74) is 11.3. The number of ether oxygens (including phenoxy) is 2. The lowest BCUT2D eigenvalue weighted by molar-refractivity contribution is -0.456. The van der Waals surface area contributed by atoms with Gasteiger partial charge in [-0.1, -0.05) is 13.3 Å². The number of hydrazone groups is 1. The van der Waals surface area contributed by atoms with Crippen molar-refractivity contribution in [2.45, 2.75) is 19.8 Å². The lowest BCUT2D eigenvalue weighted by atomic mass is 10.2. The maximum absolute atomic E-state index is 5.64. The molecular formula is C13H21N4O2+. The van der Waals surface area contributed by atoms with Crippen LogP contribution in [0.3, 0.4) is 0 Å². The molecule has 1 rings (SSSR count). The summed E-state index contributed by atoms with van der Waals surface area (Å²) in [6.45, 7) is 2.80. The van der Waals surface area contributed by atoms with Gasteiger partial charge in [0, 0.05) is 10.7 Å². The lowest BCUT2D eigenvalue weighted by Gasteiger charge is -2.10. The van der Waals surface area contributed by atoms with Gasteiger partial charge >= 0.3 is 0 Å². The summed E-state index contributed by atoms with van der Waals surface area (Å²) in [6, 6.07) is 5.59. The largest absolute Gasteiger partial charge is 0.493 e. The van der Waals surface area contributed by atoms with Crippen LogP contribution in [0.4, 0.5) is 0 Å². The van der Waals surface area contributed by atoms with Gasteiger partial charge in [-0.05, 0) is 24.6 Å². The second-order valence-corrected chi connectivity index (χ2v) is 3.92. The first-order chi connectivity index (χ1) is 9.17. The van der Waals surface area contributed by atoms with Crippen molar-refractivity contribution in [1.29, 1.82) is 0 Å². The number of nitrogens with two attached hydrogens (primary N) is 2. The van der Waals surface area contributed by atoms with Gasteiger partial charge in [0.05, 0.1) is 13.7 Å². The SMILES string of the molecule is CCCCOc1ccc(/C=[NH+]/N=C(N)N)cc1OC. The molecule has 0 bridgehead atoms. The molecule has 6 nitrogen and oxygen atoms in total. The summed E-state index contributed by atoms with van der Waals surface area (Å²) >= 11 is 0. The summed E-state index contributed by atoms with van der Waals surface area (Å²) in [5.74, 6) is 1.38. The minimum absolute atomic E-state index is 0.0252. The molecule has 0 aromatic heterocycles. The third-order valence-electron chi connectivity index (χ3n) is 2.37. The Morgan fingerprint density at radius 1 is 1.37 bits per heavy atom. The topological polar surface area (TPSA) is 96.8 Å². The van der Waals surface area contributed by atoms with E-state index in [2.05, 4.69) is 17.1 Å². The number of guanidine groups is 1. The van der Waals surface area contributed by atoms with Crippen LogP contribution in [0, 0.1) is 0 Å². The fourth-order valence-electron chi connectivity index (χ4n) is 1.40. The Bertz CT molecular complexity index is 454. The second-order valence-electron chi connectivity index (χ2n) is 3.92. The van der Waals surface area contributed by atoms with Gasteiger partial charge in [-0.3, -0.25) is 0 Å². The Kier molecular flexibility index (Phi) is 6.21. The van der Waals surface area contributed by atoms with Crippen LogP contribution < -0.4 is 26.0 Å². The molecular weight excluding hydrogens is 244 g/mol. The quantitative estimate of drug-likeness (QED) is 0.269. The molecule has 0 aliphatic heterocycles. The number of methoxy groups -OCH3 is 1. The van der Waals surface area contributed by atoms with Crippen LogP contribution in [-0.4, -0.2) is 25.9 Å². The zero-order valence-corrected chi connectivity index (χ0v) is 11.3. The smallest absolute Gasteiger partial charge is 0.256 e. The van der Waals surface area contributed by atoms with Gasteiger partial charge in [0.1, 0.15) is 0 Å². The Morgan fingerprint density at radius 3 is 2.79 bits per heavy atom. The molecule has 0 aliphatic carbocycles. The van der Waals surface area contributed by atoms with Crippen LogP contribution >= 0.6 is 0 Å². The van der Waals surface area contributed by atoms with Crippen LogP contribution in [0.25, 0.3) is 0 Å². The number of unbranched alkanes of at least 4 members (excludes halogenated alkanes) is 1. The third kappa shape index (κ3) is 5.29. The molecule has 1 aromatic carbocycles. The average Bonchev–Trinajstić information content (AvgIpc) is 2.39. The standard InChI is InChI=1S/C13H20N4O2/c1-3-4-7-19-11-6-5-10(8-12(11)18-2)9-16-17-13(14)15/h5-6,8-9H,3-4,7H2,1-2H3,(H4,14,15,17)/p+1/b16-9+. The lowest BCUT2D eigenvalue weighted by Crippen LogP contribution is -2.63. The van der Waals surface area contributed by atoms with Gasteiger partial charge in [0.2, 0.25) is 6.21 Å². The van der Waals surface area contributed by atoms with Crippen LogP contribution in [0.1, 0.15) is 25.3 Å². The van der Waals surface area contributed by atoms with E-state index in [1.165, 1.54) is 0 Å². The van der Waals surface area contributed by atoms with E-state index in [9.17, 15) is 0 Å². The minimum atomic E-state index is -0.0252. The molecule has 0 saturated carbocycles. The van der Waals surface area contributed by atoms with Gasteiger partial charge in [-0.2, -0.15) is 0 Å². The Hall–Kier alpha value is -2.24. The molecule has 5 N–H and O–H groups in total. The monoisotopic (exact) mass is 265 g/mol. The van der Waals surface area contributed by atoms with E-state index in [1.54, 1.807) is 13.3 Å².